The van der Waals surface area contributed by atoms with Gasteiger partial charge in [0.25, 0.3) is 0 Å². The van der Waals surface area contributed by atoms with Gasteiger partial charge in [-0.25, -0.2) is 0 Å². The minimum atomic E-state index is -0.917. The van der Waals surface area contributed by atoms with Crippen LogP contribution in [0.4, 0.5) is 0 Å². The number of hydrogen-bond donors (Lipinski definition) is 3. The zero-order valence-electron chi connectivity index (χ0n) is 15.8. The lowest BCUT2D eigenvalue weighted by Gasteiger charge is -2.53. The molecule has 0 saturated heterocycles. The van der Waals surface area contributed by atoms with Gasteiger partial charge in [0, 0.05) is 4.83 Å². The van der Waals surface area contributed by atoms with E-state index in [1.54, 1.807) is 26.8 Å². The van der Waals surface area contributed by atoms with Crippen LogP contribution in [-0.2, 0) is 0 Å². The molecule has 0 amide bonds. The molecule has 140 valence electrons. The molecule has 0 aromatic heterocycles. The number of hydrogen-bond acceptors (Lipinski definition) is 3. The monoisotopic (exact) mass is 402 g/mol. The van der Waals surface area contributed by atoms with Crippen molar-refractivity contribution >= 4 is 15.9 Å². The van der Waals surface area contributed by atoms with E-state index >= 15 is 0 Å². The Hall–Kier alpha value is -0.160. The van der Waals surface area contributed by atoms with E-state index in [1.807, 2.05) is 19.1 Å². The van der Waals surface area contributed by atoms with E-state index in [4.69, 9.17) is 0 Å². The van der Waals surface area contributed by atoms with Crippen molar-refractivity contribution in [3.8, 4) is 0 Å². The Balaban J connectivity index is 3.04. The Bertz CT molecular complexity index is 462. The molecule has 0 aliphatic heterocycles. The van der Waals surface area contributed by atoms with Crippen molar-refractivity contribution in [2.75, 3.05) is 0 Å². The second-order valence-electron chi connectivity index (χ2n) is 8.78. The third-order valence-corrected chi connectivity index (χ3v) is 7.13. The van der Waals surface area contributed by atoms with E-state index in [9.17, 15) is 15.3 Å². The van der Waals surface area contributed by atoms with Crippen molar-refractivity contribution in [1.29, 1.82) is 0 Å². The first-order valence-corrected chi connectivity index (χ1v) is 9.78. The molecular weight excluding hydrogens is 368 g/mol. The standard InChI is InChI=1S/C20H35BrO3/c1-7-18(4,23)13-9-15-19(5,12-8-11-17(2,3)22)16(21)10-14-20(15,6)24/h7-8,11,15-16,22-24H,1,9-10,12-14H2,2-6H3/b11-8+/t15-,16-,18?,19-,20-/m1/s1. The van der Waals surface area contributed by atoms with E-state index in [-0.39, 0.29) is 16.2 Å². The van der Waals surface area contributed by atoms with Crippen LogP contribution in [0.2, 0.25) is 0 Å². The molecule has 1 fully saturated rings. The number of halogens is 1. The van der Waals surface area contributed by atoms with Crippen LogP contribution < -0.4 is 0 Å². The molecule has 0 aromatic carbocycles. The summed E-state index contributed by atoms with van der Waals surface area (Å²) in [5.41, 5.74) is -2.67. The Morgan fingerprint density at radius 1 is 1.25 bits per heavy atom. The highest BCUT2D eigenvalue weighted by molar-refractivity contribution is 9.09. The zero-order valence-corrected chi connectivity index (χ0v) is 17.4. The van der Waals surface area contributed by atoms with Crippen LogP contribution in [0.15, 0.2) is 24.8 Å². The largest absolute Gasteiger partial charge is 0.390 e. The average molecular weight is 403 g/mol. The third kappa shape index (κ3) is 5.69. The molecule has 1 saturated carbocycles. The summed E-state index contributed by atoms with van der Waals surface area (Å²) in [6.45, 7) is 13.1. The van der Waals surface area contributed by atoms with E-state index in [2.05, 4.69) is 29.4 Å². The second-order valence-corrected chi connectivity index (χ2v) is 9.89. The Morgan fingerprint density at radius 2 is 1.83 bits per heavy atom. The van der Waals surface area contributed by atoms with Crippen molar-refractivity contribution in [1.82, 2.24) is 0 Å². The molecule has 1 unspecified atom stereocenters. The molecule has 4 heteroatoms. The number of alkyl halides is 1. The predicted molar refractivity (Wildman–Crippen MR) is 104 cm³/mol. The molecule has 1 aliphatic carbocycles. The minimum Gasteiger partial charge on any atom is -0.390 e. The summed E-state index contributed by atoms with van der Waals surface area (Å²) in [6.07, 6.45) is 9.13. The maximum Gasteiger partial charge on any atom is 0.0797 e. The zero-order chi connectivity index (χ0) is 18.8. The third-order valence-electron chi connectivity index (χ3n) is 5.63. The molecule has 5 atom stereocenters. The highest BCUT2D eigenvalue weighted by Gasteiger charge is 2.51. The van der Waals surface area contributed by atoms with E-state index in [1.165, 1.54) is 0 Å². The molecule has 3 nitrogen and oxygen atoms in total. The van der Waals surface area contributed by atoms with E-state index in [0.29, 0.717) is 6.42 Å². The second kappa shape index (κ2) is 7.61. The molecule has 0 aromatic rings. The normalized spacial score (nSPS) is 37.4. The smallest absolute Gasteiger partial charge is 0.0797 e. The van der Waals surface area contributed by atoms with Gasteiger partial charge < -0.3 is 15.3 Å². The van der Waals surface area contributed by atoms with Crippen LogP contribution in [0.3, 0.4) is 0 Å². The summed E-state index contributed by atoms with van der Waals surface area (Å²) in [6, 6.07) is 0. The first-order valence-electron chi connectivity index (χ1n) is 8.86. The fourth-order valence-corrected chi connectivity index (χ4v) is 4.64. The van der Waals surface area contributed by atoms with Gasteiger partial charge in [0.05, 0.1) is 16.8 Å². The first kappa shape index (κ1) is 21.9. The average Bonchev–Trinajstić information content (AvgIpc) is 2.41. The van der Waals surface area contributed by atoms with Crippen LogP contribution in [-0.4, -0.2) is 36.9 Å². The fraction of sp³-hybridized carbons (Fsp3) is 0.800. The van der Waals surface area contributed by atoms with Crippen LogP contribution in [0.1, 0.15) is 66.7 Å². The van der Waals surface area contributed by atoms with Gasteiger partial charge in [0.1, 0.15) is 0 Å². The molecule has 0 spiro atoms. The lowest BCUT2D eigenvalue weighted by molar-refractivity contribution is -0.0987. The first-order chi connectivity index (χ1) is 10.7. The van der Waals surface area contributed by atoms with Crippen LogP contribution >= 0.6 is 15.9 Å². The van der Waals surface area contributed by atoms with Gasteiger partial charge in [0.15, 0.2) is 0 Å². The fourth-order valence-electron chi connectivity index (χ4n) is 3.90. The molecular formula is C20H35BrO3. The Morgan fingerprint density at radius 3 is 2.33 bits per heavy atom. The van der Waals surface area contributed by atoms with Crippen molar-refractivity contribution in [3.63, 3.8) is 0 Å². The molecule has 3 N–H and O–H groups in total. The van der Waals surface area contributed by atoms with Gasteiger partial charge >= 0.3 is 0 Å². The van der Waals surface area contributed by atoms with Gasteiger partial charge in [0.2, 0.25) is 0 Å². The number of allylic oxidation sites excluding steroid dienone is 1. The Labute approximate surface area is 156 Å². The highest BCUT2D eigenvalue weighted by atomic mass is 79.9. The van der Waals surface area contributed by atoms with Gasteiger partial charge in [-0.2, -0.15) is 0 Å². The summed E-state index contributed by atoms with van der Waals surface area (Å²) in [7, 11) is 0. The van der Waals surface area contributed by atoms with Gasteiger partial charge in [-0.1, -0.05) is 41.1 Å². The highest BCUT2D eigenvalue weighted by Crippen LogP contribution is 2.53. The van der Waals surface area contributed by atoms with Crippen LogP contribution in [0.25, 0.3) is 0 Å². The molecule has 0 heterocycles. The van der Waals surface area contributed by atoms with Gasteiger partial charge in [-0.05, 0) is 71.1 Å². The number of rotatable bonds is 7. The summed E-state index contributed by atoms with van der Waals surface area (Å²) in [4.78, 5) is 0.287. The summed E-state index contributed by atoms with van der Waals surface area (Å²) in [5.74, 6) is 0.0426. The lowest BCUT2D eigenvalue weighted by atomic mass is 9.57. The van der Waals surface area contributed by atoms with Crippen LogP contribution in [0, 0.1) is 11.3 Å². The quantitative estimate of drug-likeness (QED) is 0.438. The van der Waals surface area contributed by atoms with Gasteiger partial charge in [-0.15, -0.1) is 6.58 Å². The minimum absolute atomic E-state index is 0.0426. The predicted octanol–water partition coefficient (Wildman–Crippen LogP) is 4.35. The van der Waals surface area contributed by atoms with Gasteiger partial charge in [-0.3, -0.25) is 0 Å². The lowest BCUT2D eigenvalue weighted by Crippen LogP contribution is -2.53. The summed E-state index contributed by atoms with van der Waals surface area (Å²) < 4.78 is 0. The number of aliphatic hydroxyl groups is 3. The summed E-state index contributed by atoms with van der Waals surface area (Å²) >= 11 is 3.83. The van der Waals surface area contributed by atoms with Crippen molar-refractivity contribution in [3.05, 3.63) is 24.8 Å². The van der Waals surface area contributed by atoms with Crippen molar-refractivity contribution in [2.24, 2.45) is 11.3 Å². The maximum atomic E-state index is 11.0. The summed E-state index contributed by atoms with van der Waals surface area (Å²) in [5, 5.41) is 31.2. The molecule has 0 radical (unpaired) electrons. The van der Waals surface area contributed by atoms with E-state index < -0.39 is 16.8 Å². The SMILES string of the molecule is C=CC(C)(O)CC[C@@H]1[C@@](C)(C/C=C/C(C)(C)O)[C@H](Br)CC[C@@]1(C)O. The molecule has 0 bridgehead atoms. The molecule has 24 heavy (non-hydrogen) atoms. The van der Waals surface area contributed by atoms with Crippen LogP contribution in [0.5, 0.6) is 0 Å². The maximum absolute atomic E-state index is 11.0. The van der Waals surface area contributed by atoms with Crippen molar-refractivity contribution in [2.45, 2.75) is 88.4 Å². The van der Waals surface area contributed by atoms with Crippen molar-refractivity contribution < 1.29 is 15.3 Å². The molecule has 1 aliphatic rings. The topological polar surface area (TPSA) is 60.7 Å². The Kier molecular flexibility index (Phi) is 6.94. The van der Waals surface area contributed by atoms with E-state index in [0.717, 1.165) is 25.7 Å². The molecule has 1 rings (SSSR count).